The molecule has 2 N–H and O–H groups in total. The number of hydrogen-bond acceptors (Lipinski definition) is 5. The molecule has 0 saturated carbocycles. The molecule has 38 heavy (non-hydrogen) atoms. The van der Waals surface area contributed by atoms with Crippen LogP contribution in [0.4, 0.5) is 0 Å². The van der Waals surface area contributed by atoms with Crippen LogP contribution in [0.2, 0.25) is 0 Å². The monoisotopic (exact) mass is 569 g/mol. The second kappa shape index (κ2) is 25.2. The lowest BCUT2D eigenvalue weighted by Crippen LogP contribution is -2.04. The third-order valence-electron chi connectivity index (χ3n) is 7.30. The molecule has 224 valence electrons. The topological polar surface area (TPSA) is 44.5 Å². The Balaban J connectivity index is 0. The summed E-state index contributed by atoms with van der Waals surface area (Å²) in [7, 11) is 1.50. The summed E-state index contributed by atoms with van der Waals surface area (Å²) >= 11 is 5.14. The van der Waals surface area contributed by atoms with Gasteiger partial charge in [-0.15, -0.1) is 0 Å². The molecule has 0 aliphatic carbocycles. The Morgan fingerprint density at radius 2 is 1.29 bits per heavy atom. The van der Waals surface area contributed by atoms with Crippen molar-refractivity contribution in [1.82, 2.24) is 0 Å². The predicted octanol–water partition coefficient (Wildman–Crippen LogP) is 11.0. The fraction of sp³-hybridized carbons (Fsp3) is 0.758. The first-order valence-electron chi connectivity index (χ1n) is 15.1. The molecular weight excluding hydrogens is 507 g/mol. The van der Waals surface area contributed by atoms with E-state index in [1.54, 1.807) is 6.08 Å². The molecule has 0 heterocycles. The SMILES string of the molecule is C=CCOc1c(C)c(C)c(OSS)c(CC)c1C.CCCCC[C@H](C)CCC[C@H](C)CCCC(C)C.CN. The van der Waals surface area contributed by atoms with Crippen LogP contribution in [0.5, 0.6) is 11.5 Å². The van der Waals surface area contributed by atoms with E-state index in [4.69, 9.17) is 8.92 Å². The second-order valence-corrected chi connectivity index (χ2v) is 11.8. The summed E-state index contributed by atoms with van der Waals surface area (Å²) in [6.07, 6.45) is 17.0. The van der Waals surface area contributed by atoms with Gasteiger partial charge >= 0.3 is 0 Å². The average Bonchev–Trinajstić information content (AvgIpc) is 2.89. The van der Waals surface area contributed by atoms with Crippen LogP contribution in [-0.4, -0.2) is 13.7 Å². The molecule has 0 amide bonds. The molecule has 0 aliphatic heterocycles. The molecule has 3 nitrogen and oxygen atoms in total. The molecule has 1 aromatic rings. The van der Waals surface area contributed by atoms with Crippen LogP contribution >= 0.6 is 22.7 Å². The van der Waals surface area contributed by atoms with Crippen molar-refractivity contribution in [2.24, 2.45) is 23.5 Å². The number of rotatable bonds is 18. The highest BCUT2D eigenvalue weighted by molar-refractivity contribution is 8.66. The third kappa shape index (κ3) is 17.0. The van der Waals surface area contributed by atoms with E-state index in [0.717, 1.165) is 63.4 Å². The van der Waals surface area contributed by atoms with Gasteiger partial charge in [-0.3, -0.25) is 0 Å². The van der Waals surface area contributed by atoms with Crippen molar-refractivity contribution in [1.29, 1.82) is 0 Å². The largest absolute Gasteiger partial charge is 0.489 e. The molecule has 0 fully saturated rings. The summed E-state index contributed by atoms with van der Waals surface area (Å²) in [5.41, 5.74) is 9.04. The van der Waals surface area contributed by atoms with Crippen LogP contribution in [0, 0.1) is 38.5 Å². The standard InChI is InChI=1S/C18H38.C14H20O2S2.CH5N/c1-6-7-8-12-17(4)14-10-15-18(5)13-9-11-16(2)3;1-6-8-15-13-9(3)10(4)14(16-18-17)12(7-2)11(13)5;1-2/h16-18H,6-15H2,1-5H3;6,17H,1,7-8H2,2-5H3;2H2,1H3/t17-,18+;;/m0../s1. The Bertz CT molecular complexity index is 722. The van der Waals surface area contributed by atoms with Gasteiger partial charge in [0.25, 0.3) is 0 Å². The zero-order valence-corrected chi connectivity index (χ0v) is 28.5. The van der Waals surface area contributed by atoms with Crippen molar-refractivity contribution in [2.75, 3.05) is 13.7 Å². The van der Waals surface area contributed by atoms with Crippen molar-refractivity contribution in [3.8, 4) is 11.5 Å². The van der Waals surface area contributed by atoms with E-state index in [9.17, 15) is 0 Å². The smallest absolute Gasteiger partial charge is 0.145 e. The van der Waals surface area contributed by atoms with Gasteiger partial charge in [0, 0.05) is 5.56 Å². The summed E-state index contributed by atoms with van der Waals surface area (Å²) in [6, 6.07) is 0. The molecule has 0 unspecified atom stereocenters. The average molecular weight is 570 g/mol. The van der Waals surface area contributed by atoms with E-state index in [2.05, 4.69) is 79.4 Å². The van der Waals surface area contributed by atoms with E-state index in [1.807, 2.05) is 6.92 Å². The first kappa shape index (κ1) is 39.4. The highest BCUT2D eigenvalue weighted by atomic mass is 33.1. The zero-order valence-electron chi connectivity index (χ0n) is 26.8. The Kier molecular flexibility index (Phi) is 26.1. The van der Waals surface area contributed by atoms with Crippen molar-refractivity contribution in [3.05, 3.63) is 34.9 Å². The molecule has 0 aliphatic rings. The van der Waals surface area contributed by atoms with Gasteiger partial charge in [-0.05, 0) is 68.7 Å². The molecule has 1 rings (SSSR count). The fourth-order valence-corrected chi connectivity index (χ4v) is 5.33. The Morgan fingerprint density at radius 3 is 1.74 bits per heavy atom. The van der Waals surface area contributed by atoms with E-state index in [-0.39, 0.29) is 0 Å². The summed E-state index contributed by atoms with van der Waals surface area (Å²) in [5.74, 6) is 4.65. The van der Waals surface area contributed by atoms with Gasteiger partial charge in [0.1, 0.15) is 29.2 Å². The van der Waals surface area contributed by atoms with Gasteiger partial charge < -0.3 is 14.7 Å². The van der Waals surface area contributed by atoms with Gasteiger partial charge in [0.2, 0.25) is 0 Å². The lowest BCUT2D eigenvalue weighted by Gasteiger charge is -2.20. The first-order chi connectivity index (χ1) is 18.1. The summed E-state index contributed by atoms with van der Waals surface area (Å²) < 4.78 is 11.4. The lowest BCUT2D eigenvalue weighted by molar-refractivity contribution is 0.356. The fourth-order valence-electron chi connectivity index (χ4n) is 4.81. The Labute approximate surface area is 247 Å². The number of unbranched alkanes of at least 4 members (excludes halogenated alkanes) is 2. The number of benzene rings is 1. The lowest BCUT2D eigenvalue weighted by atomic mass is 9.92. The third-order valence-corrected chi connectivity index (χ3v) is 7.77. The quantitative estimate of drug-likeness (QED) is 0.0606. The highest BCUT2D eigenvalue weighted by Gasteiger charge is 2.18. The molecule has 0 bridgehead atoms. The van der Waals surface area contributed by atoms with Crippen LogP contribution in [0.15, 0.2) is 12.7 Å². The molecule has 0 spiro atoms. The molecule has 0 radical (unpaired) electrons. The molecule has 1 aromatic carbocycles. The second-order valence-electron chi connectivity index (χ2n) is 11.1. The maximum absolute atomic E-state index is 5.77. The van der Waals surface area contributed by atoms with Gasteiger partial charge in [-0.2, -0.15) is 0 Å². The summed E-state index contributed by atoms with van der Waals surface area (Å²) in [4.78, 5) is 0. The van der Waals surface area contributed by atoms with Gasteiger partial charge in [-0.25, -0.2) is 0 Å². The first-order valence-corrected chi connectivity index (χ1v) is 16.9. The van der Waals surface area contributed by atoms with E-state index in [0.29, 0.717) is 6.61 Å². The summed E-state index contributed by atoms with van der Waals surface area (Å²) in [5, 5.41) is 0. The Hall–Kier alpha value is -0.780. The van der Waals surface area contributed by atoms with E-state index >= 15 is 0 Å². The van der Waals surface area contributed by atoms with Crippen LogP contribution < -0.4 is 14.7 Å². The highest BCUT2D eigenvalue weighted by Crippen LogP contribution is 2.39. The van der Waals surface area contributed by atoms with Gasteiger partial charge in [0.15, 0.2) is 0 Å². The van der Waals surface area contributed by atoms with Crippen LogP contribution in [0.1, 0.15) is 128 Å². The molecule has 0 aromatic heterocycles. The van der Waals surface area contributed by atoms with Gasteiger partial charge in [-0.1, -0.05) is 130 Å². The molecular formula is C33H63NO2S2. The van der Waals surface area contributed by atoms with Crippen LogP contribution in [0.25, 0.3) is 0 Å². The number of ether oxygens (including phenoxy) is 1. The zero-order chi connectivity index (χ0) is 29.5. The number of nitrogens with two attached hydrogens (primary N) is 1. The predicted molar refractivity (Wildman–Crippen MR) is 178 cm³/mol. The van der Waals surface area contributed by atoms with Crippen molar-refractivity contribution in [2.45, 2.75) is 133 Å². The summed E-state index contributed by atoms with van der Waals surface area (Å²) in [6.45, 7) is 24.3. The minimum Gasteiger partial charge on any atom is -0.489 e. The maximum Gasteiger partial charge on any atom is 0.145 e. The van der Waals surface area contributed by atoms with Crippen molar-refractivity contribution >= 4 is 22.7 Å². The number of thiol groups is 1. The Morgan fingerprint density at radius 1 is 0.789 bits per heavy atom. The number of hydrogen-bond donors (Lipinski definition) is 2. The van der Waals surface area contributed by atoms with E-state index in [1.165, 1.54) is 76.8 Å². The van der Waals surface area contributed by atoms with Gasteiger partial charge in [0.05, 0.1) is 0 Å². The minimum absolute atomic E-state index is 0.520. The van der Waals surface area contributed by atoms with Crippen molar-refractivity contribution in [3.63, 3.8) is 0 Å². The maximum atomic E-state index is 5.77. The molecule has 2 atom stereocenters. The van der Waals surface area contributed by atoms with Crippen molar-refractivity contribution < 1.29 is 8.92 Å². The normalized spacial score (nSPS) is 12.1. The van der Waals surface area contributed by atoms with E-state index < -0.39 is 0 Å². The van der Waals surface area contributed by atoms with Crippen LogP contribution in [-0.2, 0) is 6.42 Å². The molecule has 0 saturated heterocycles. The minimum atomic E-state index is 0.520. The van der Waals surface area contributed by atoms with Crippen LogP contribution in [0.3, 0.4) is 0 Å². The molecule has 5 heteroatoms.